The lowest BCUT2D eigenvalue weighted by Gasteiger charge is -2.23. The zero-order valence-electron chi connectivity index (χ0n) is 10.7. The average molecular weight is 305 g/mol. The summed E-state index contributed by atoms with van der Waals surface area (Å²) in [5, 5.41) is 11.3. The van der Waals surface area contributed by atoms with E-state index in [2.05, 4.69) is 9.88 Å². The molecule has 114 valence electrons. The number of rotatable bonds is 7. The van der Waals surface area contributed by atoms with E-state index in [1.54, 1.807) is 0 Å². The van der Waals surface area contributed by atoms with Gasteiger partial charge in [-0.1, -0.05) is 19.0 Å². The minimum atomic E-state index is -4.37. The smallest absolute Gasteiger partial charge is 0.389 e. The molecule has 19 heavy (non-hydrogen) atoms. The molecule has 0 rings (SSSR count). The molecule has 0 aliphatic heterocycles. The number of hydrogen-bond donors (Lipinski definition) is 3. The third-order valence-corrected chi connectivity index (χ3v) is 3.82. The van der Waals surface area contributed by atoms with Gasteiger partial charge in [-0.3, -0.25) is 0 Å². The van der Waals surface area contributed by atoms with Crippen molar-refractivity contribution < 1.29 is 26.8 Å². The molecule has 6 nitrogen and oxygen atoms in total. The Bertz CT molecular complexity index is 418. The van der Waals surface area contributed by atoms with E-state index in [1.165, 1.54) is 13.8 Å². The molecule has 0 aromatic heterocycles. The summed E-state index contributed by atoms with van der Waals surface area (Å²) in [4.78, 5) is 0. The lowest BCUT2D eigenvalue weighted by atomic mass is 9.93. The quantitative estimate of drug-likeness (QED) is 0.283. The number of nitrogens with one attached hydrogen (secondary N) is 1. The molecule has 4 N–H and O–H groups in total. The highest BCUT2D eigenvalue weighted by molar-refractivity contribution is 7.89. The number of nitrogens with two attached hydrogens (primary N) is 1. The topological polar surface area (TPSA) is 105 Å². The van der Waals surface area contributed by atoms with Gasteiger partial charge >= 0.3 is 6.18 Å². The zero-order valence-corrected chi connectivity index (χ0v) is 11.5. The van der Waals surface area contributed by atoms with Crippen molar-refractivity contribution in [2.75, 3.05) is 12.3 Å². The van der Waals surface area contributed by atoms with Crippen molar-refractivity contribution in [3.63, 3.8) is 0 Å². The summed E-state index contributed by atoms with van der Waals surface area (Å²) in [5.41, 5.74) is 4.42. The summed E-state index contributed by atoms with van der Waals surface area (Å²) in [6, 6.07) is 0. The molecule has 0 aliphatic rings. The van der Waals surface area contributed by atoms with Gasteiger partial charge in [-0.15, -0.1) is 0 Å². The number of halogens is 3. The van der Waals surface area contributed by atoms with Crippen molar-refractivity contribution in [1.29, 1.82) is 0 Å². The Morgan fingerprint density at radius 1 is 1.37 bits per heavy atom. The Labute approximate surface area is 109 Å². The minimum Gasteiger partial charge on any atom is -0.409 e. The first kappa shape index (κ1) is 18.0. The first-order valence-electron chi connectivity index (χ1n) is 5.42. The van der Waals surface area contributed by atoms with Gasteiger partial charge in [0.1, 0.15) is 5.84 Å². The Balaban J connectivity index is 4.33. The SMILES string of the molecule is CC(C)(CNS(=O)(=O)CCCC(F)(F)F)C(N)=NO. The molecule has 0 spiro atoms. The van der Waals surface area contributed by atoms with Crippen LogP contribution >= 0.6 is 0 Å². The second kappa shape index (κ2) is 6.42. The number of nitrogens with zero attached hydrogens (tertiary/aromatic N) is 1. The highest BCUT2D eigenvalue weighted by Crippen LogP contribution is 2.21. The lowest BCUT2D eigenvalue weighted by Crippen LogP contribution is -2.43. The van der Waals surface area contributed by atoms with Crippen molar-refractivity contribution in [3.8, 4) is 0 Å². The molecule has 0 unspecified atom stereocenters. The van der Waals surface area contributed by atoms with E-state index in [1.807, 2.05) is 0 Å². The molecule has 0 fully saturated rings. The molecule has 0 amide bonds. The van der Waals surface area contributed by atoms with Crippen LogP contribution in [0.5, 0.6) is 0 Å². The van der Waals surface area contributed by atoms with Crippen molar-refractivity contribution in [3.05, 3.63) is 0 Å². The summed E-state index contributed by atoms with van der Waals surface area (Å²) in [6.45, 7) is 2.89. The number of sulfonamides is 1. The van der Waals surface area contributed by atoms with Gasteiger partial charge in [0.15, 0.2) is 0 Å². The molecular weight excluding hydrogens is 287 g/mol. The predicted molar refractivity (Wildman–Crippen MR) is 64.3 cm³/mol. The maximum atomic E-state index is 11.9. The molecular formula is C9H18F3N3O3S. The normalized spacial score (nSPS) is 14.7. The van der Waals surface area contributed by atoms with Crippen molar-refractivity contribution in [2.45, 2.75) is 32.9 Å². The Kier molecular flexibility index (Phi) is 6.07. The largest absolute Gasteiger partial charge is 0.409 e. The first-order chi connectivity index (χ1) is 8.40. The number of amidine groups is 1. The molecule has 10 heteroatoms. The molecule has 0 aromatic rings. The van der Waals surface area contributed by atoms with Gasteiger partial charge in [0.2, 0.25) is 10.0 Å². The van der Waals surface area contributed by atoms with Crippen molar-refractivity contribution in [1.82, 2.24) is 4.72 Å². The molecule has 0 radical (unpaired) electrons. The Morgan fingerprint density at radius 2 is 1.89 bits per heavy atom. The van der Waals surface area contributed by atoms with Gasteiger partial charge in [0.05, 0.1) is 5.75 Å². The molecule has 0 bridgehead atoms. The van der Waals surface area contributed by atoms with E-state index in [-0.39, 0.29) is 12.4 Å². The van der Waals surface area contributed by atoms with Gasteiger partial charge in [-0.2, -0.15) is 13.2 Å². The fourth-order valence-electron chi connectivity index (χ4n) is 1.05. The van der Waals surface area contributed by atoms with Crippen molar-refractivity contribution >= 4 is 15.9 Å². The maximum Gasteiger partial charge on any atom is 0.389 e. The fraction of sp³-hybridized carbons (Fsp3) is 0.889. The van der Waals surface area contributed by atoms with Crippen LogP contribution in [0, 0.1) is 5.41 Å². The average Bonchev–Trinajstić information content (AvgIpc) is 2.23. The molecule has 0 aromatic carbocycles. The third-order valence-electron chi connectivity index (χ3n) is 2.41. The maximum absolute atomic E-state index is 11.9. The Morgan fingerprint density at radius 3 is 2.32 bits per heavy atom. The summed E-state index contributed by atoms with van der Waals surface area (Å²) >= 11 is 0. The zero-order chi connectivity index (χ0) is 15.3. The van der Waals surface area contributed by atoms with Crippen molar-refractivity contribution in [2.24, 2.45) is 16.3 Å². The minimum absolute atomic E-state index is 0.169. The summed E-state index contributed by atoms with van der Waals surface area (Å²) in [7, 11) is -3.82. The van der Waals surface area contributed by atoms with Crippen LogP contribution in [-0.4, -0.2) is 37.9 Å². The molecule has 0 heterocycles. The van der Waals surface area contributed by atoms with E-state index in [4.69, 9.17) is 10.9 Å². The van der Waals surface area contributed by atoms with Crippen LogP contribution in [-0.2, 0) is 10.0 Å². The number of hydrogen-bond acceptors (Lipinski definition) is 4. The third kappa shape index (κ3) is 7.88. The van der Waals surface area contributed by atoms with Crippen LogP contribution in [0.3, 0.4) is 0 Å². The van der Waals surface area contributed by atoms with Gasteiger partial charge in [0, 0.05) is 18.4 Å². The van der Waals surface area contributed by atoms with E-state index >= 15 is 0 Å². The highest BCUT2D eigenvalue weighted by atomic mass is 32.2. The van der Waals surface area contributed by atoms with Crippen LogP contribution in [0.4, 0.5) is 13.2 Å². The monoisotopic (exact) mass is 305 g/mol. The molecule has 0 saturated heterocycles. The second-order valence-electron chi connectivity index (χ2n) is 4.73. The lowest BCUT2D eigenvalue weighted by molar-refractivity contribution is -0.134. The summed E-state index contributed by atoms with van der Waals surface area (Å²) < 4.78 is 60.7. The van der Waals surface area contributed by atoms with E-state index < -0.39 is 40.2 Å². The van der Waals surface area contributed by atoms with Gasteiger partial charge in [-0.25, -0.2) is 13.1 Å². The van der Waals surface area contributed by atoms with E-state index in [0.717, 1.165) is 0 Å². The van der Waals surface area contributed by atoms with Gasteiger partial charge < -0.3 is 10.9 Å². The molecule has 0 atom stereocenters. The van der Waals surface area contributed by atoms with Crippen LogP contribution in [0.15, 0.2) is 5.16 Å². The van der Waals surface area contributed by atoms with Gasteiger partial charge in [0.25, 0.3) is 0 Å². The van der Waals surface area contributed by atoms with E-state index in [9.17, 15) is 21.6 Å². The number of oxime groups is 1. The van der Waals surface area contributed by atoms with Crippen LogP contribution in [0.25, 0.3) is 0 Å². The van der Waals surface area contributed by atoms with Crippen LogP contribution < -0.4 is 10.5 Å². The highest BCUT2D eigenvalue weighted by Gasteiger charge is 2.29. The van der Waals surface area contributed by atoms with E-state index in [0.29, 0.717) is 0 Å². The number of alkyl halides is 3. The van der Waals surface area contributed by atoms with Gasteiger partial charge in [-0.05, 0) is 6.42 Å². The second-order valence-corrected chi connectivity index (χ2v) is 6.65. The summed E-state index contributed by atoms with van der Waals surface area (Å²) in [6.07, 6.45) is -6.04. The predicted octanol–water partition coefficient (Wildman–Crippen LogP) is 1.02. The first-order valence-corrected chi connectivity index (χ1v) is 7.07. The van der Waals surface area contributed by atoms with Crippen LogP contribution in [0.1, 0.15) is 26.7 Å². The fourth-order valence-corrected chi connectivity index (χ4v) is 2.30. The summed E-state index contributed by atoms with van der Waals surface area (Å²) in [5.74, 6) is -0.802. The molecule has 0 saturated carbocycles. The standard InChI is InChI=1S/C9H18F3N3O3S/c1-8(2,7(13)15-16)6-14-19(17,18)5-3-4-9(10,11)12/h14,16H,3-6H2,1-2H3,(H2,13,15). The molecule has 0 aliphatic carbocycles. The Hall–Kier alpha value is -1.03. The van der Waals surface area contributed by atoms with Crippen LogP contribution in [0.2, 0.25) is 0 Å².